The fourth-order valence-corrected chi connectivity index (χ4v) is 1.97. The van der Waals surface area contributed by atoms with Gasteiger partial charge in [0.25, 0.3) is 0 Å². The second-order valence-corrected chi connectivity index (χ2v) is 4.34. The van der Waals surface area contributed by atoms with E-state index in [-0.39, 0.29) is 23.1 Å². The lowest BCUT2D eigenvalue weighted by molar-refractivity contribution is -0.121. The molecular weight excluding hydrogens is 278 g/mol. The summed E-state index contributed by atoms with van der Waals surface area (Å²) in [7, 11) is 0. The number of nitrogens with zero attached hydrogens (tertiary/aromatic N) is 1. The minimum Gasteiger partial charge on any atom is -0.478 e. The number of carboxylic acid groups (broad SMARTS) is 1. The van der Waals surface area contributed by atoms with Gasteiger partial charge in [-0.05, 0) is 25.1 Å². The maximum absolute atomic E-state index is 11.9. The first kappa shape index (κ1) is 14.5. The Balaban J connectivity index is 2.65. The van der Waals surface area contributed by atoms with Gasteiger partial charge in [0.2, 0.25) is 5.91 Å². The lowest BCUT2D eigenvalue weighted by Crippen LogP contribution is -2.40. The number of amides is 1. The van der Waals surface area contributed by atoms with Gasteiger partial charge in [0.15, 0.2) is 0 Å². The SMILES string of the molecule is CCNC(=O)Cn1c(=O)c(=O)[nH]c2cc(C(=O)O)ccc21. The molecule has 0 fully saturated rings. The number of aromatic nitrogens is 2. The van der Waals surface area contributed by atoms with Crippen molar-refractivity contribution < 1.29 is 14.7 Å². The summed E-state index contributed by atoms with van der Waals surface area (Å²) in [6, 6.07) is 3.93. The van der Waals surface area contributed by atoms with E-state index in [1.165, 1.54) is 18.2 Å². The van der Waals surface area contributed by atoms with Gasteiger partial charge in [-0.3, -0.25) is 19.0 Å². The van der Waals surface area contributed by atoms with Gasteiger partial charge in [0.1, 0.15) is 6.54 Å². The Bertz CT molecular complexity index is 834. The molecule has 2 aromatic rings. The number of carbonyl (C=O) groups excluding carboxylic acids is 1. The third kappa shape index (κ3) is 2.83. The highest BCUT2D eigenvalue weighted by Gasteiger charge is 2.12. The number of aromatic amines is 1. The molecule has 0 aliphatic rings. The summed E-state index contributed by atoms with van der Waals surface area (Å²) in [6.45, 7) is 1.83. The second-order valence-electron chi connectivity index (χ2n) is 4.34. The van der Waals surface area contributed by atoms with Crippen molar-refractivity contribution in [3.63, 3.8) is 0 Å². The zero-order chi connectivity index (χ0) is 15.6. The van der Waals surface area contributed by atoms with Crippen LogP contribution in [-0.4, -0.2) is 33.1 Å². The Labute approximate surface area is 118 Å². The molecule has 21 heavy (non-hydrogen) atoms. The van der Waals surface area contributed by atoms with E-state index in [1.54, 1.807) is 6.92 Å². The van der Waals surface area contributed by atoms with Crippen LogP contribution in [0.5, 0.6) is 0 Å². The van der Waals surface area contributed by atoms with E-state index in [0.717, 1.165) is 4.57 Å². The van der Waals surface area contributed by atoms with Gasteiger partial charge in [-0.1, -0.05) is 0 Å². The van der Waals surface area contributed by atoms with E-state index in [1.807, 2.05) is 0 Å². The number of rotatable bonds is 4. The molecule has 3 N–H and O–H groups in total. The van der Waals surface area contributed by atoms with E-state index < -0.39 is 23.0 Å². The number of benzene rings is 1. The average Bonchev–Trinajstić information content (AvgIpc) is 2.43. The number of hydrogen-bond acceptors (Lipinski definition) is 4. The fourth-order valence-electron chi connectivity index (χ4n) is 1.97. The van der Waals surface area contributed by atoms with Crippen molar-refractivity contribution >= 4 is 22.9 Å². The third-order valence-corrected chi connectivity index (χ3v) is 2.90. The standard InChI is InChI=1S/C13H13N3O5/c1-2-14-10(17)6-16-9-4-3-7(13(20)21)5-8(9)15-11(18)12(16)19/h3-5H,2,6H2,1H3,(H,14,17)(H,15,18)(H,20,21). The molecule has 110 valence electrons. The lowest BCUT2D eigenvalue weighted by atomic mass is 10.2. The minimum absolute atomic E-state index is 0.0265. The predicted molar refractivity (Wildman–Crippen MR) is 74.5 cm³/mol. The molecule has 0 spiro atoms. The highest BCUT2D eigenvalue weighted by Crippen LogP contribution is 2.11. The zero-order valence-electron chi connectivity index (χ0n) is 11.2. The van der Waals surface area contributed by atoms with Crippen LogP contribution in [0.15, 0.2) is 27.8 Å². The largest absolute Gasteiger partial charge is 0.478 e. The molecule has 1 aromatic heterocycles. The molecule has 8 nitrogen and oxygen atoms in total. The van der Waals surface area contributed by atoms with Crippen molar-refractivity contribution in [2.24, 2.45) is 0 Å². The van der Waals surface area contributed by atoms with Crippen LogP contribution >= 0.6 is 0 Å². The van der Waals surface area contributed by atoms with E-state index in [9.17, 15) is 19.2 Å². The van der Waals surface area contributed by atoms with Crippen LogP contribution in [0, 0.1) is 0 Å². The molecule has 1 amide bonds. The number of aromatic carboxylic acids is 1. The Kier molecular flexibility index (Phi) is 3.88. The van der Waals surface area contributed by atoms with E-state index in [0.29, 0.717) is 6.54 Å². The van der Waals surface area contributed by atoms with E-state index in [2.05, 4.69) is 10.3 Å². The normalized spacial score (nSPS) is 10.5. The van der Waals surface area contributed by atoms with E-state index >= 15 is 0 Å². The number of hydrogen-bond donors (Lipinski definition) is 3. The maximum Gasteiger partial charge on any atom is 0.335 e. The van der Waals surface area contributed by atoms with Crippen molar-refractivity contribution in [3.05, 3.63) is 44.5 Å². The van der Waals surface area contributed by atoms with Gasteiger partial charge >= 0.3 is 17.1 Å². The fraction of sp³-hybridized carbons (Fsp3) is 0.231. The van der Waals surface area contributed by atoms with Crippen LogP contribution in [0.2, 0.25) is 0 Å². The Morgan fingerprint density at radius 1 is 1.33 bits per heavy atom. The number of carboxylic acids is 1. The first-order valence-electron chi connectivity index (χ1n) is 6.21. The number of carbonyl (C=O) groups is 2. The molecule has 2 rings (SSSR count). The molecule has 0 atom stereocenters. The van der Waals surface area contributed by atoms with Crippen molar-refractivity contribution in [3.8, 4) is 0 Å². The molecule has 0 saturated heterocycles. The molecule has 0 aliphatic heterocycles. The summed E-state index contributed by atoms with van der Waals surface area (Å²) in [5.41, 5.74) is -1.33. The summed E-state index contributed by atoms with van der Waals surface area (Å²) in [5.74, 6) is -1.56. The Morgan fingerprint density at radius 3 is 2.67 bits per heavy atom. The van der Waals surface area contributed by atoms with Gasteiger partial charge in [-0.2, -0.15) is 0 Å². The molecule has 0 aliphatic carbocycles. The summed E-state index contributed by atoms with van der Waals surface area (Å²) >= 11 is 0. The average molecular weight is 291 g/mol. The molecular formula is C13H13N3O5. The topological polar surface area (TPSA) is 121 Å². The second kappa shape index (κ2) is 5.61. The van der Waals surface area contributed by atoms with Gasteiger partial charge in [0, 0.05) is 6.54 Å². The highest BCUT2D eigenvalue weighted by molar-refractivity contribution is 5.92. The van der Waals surface area contributed by atoms with Gasteiger partial charge in [0.05, 0.1) is 16.6 Å². The van der Waals surface area contributed by atoms with Crippen molar-refractivity contribution in [2.75, 3.05) is 6.54 Å². The predicted octanol–water partition coefficient (Wildman–Crippen LogP) is -0.476. The third-order valence-electron chi connectivity index (χ3n) is 2.90. The van der Waals surface area contributed by atoms with Crippen LogP contribution in [0.3, 0.4) is 0 Å². The smallest absolute Gasteiger partial charge is 0.335 e. The van der Waals surface area contributed by atoms with Gasteiger partial charge in [-0.25, -0.2) is 4.79 Å². The molecule has 1 aromatic carbocycles. The first-order chi connectivity index (χ1) is 9.93. The Hall–Kier alpha value is -2.90. The van der Waals surface area contributed by atoms with Gasteiger partial charge in [-0.15, -0.1) is 0 Å². The monoisotopic (exact) mass is 291 g/mol. The number of nitrogens with one attached hydrogen (secondary N) is 2. The summed E-state index contributed by atoms with van der Waals surface area (Å²) in [5, 5.41) is 11.5. The Morgan fingerprint density at radius 2 is 2.05 bits per heavy atom. The molecule has 1 heterocycles. The van der Waals surface area contributed by atoms with Crippen LogP contribution < -0.4 is 16.4 Å². The van der Waals surface area contributed by atoms with Crippen LogP contribution in [0.1, 0.15) is 17.3 Å². The molecule has 0 saturated carbocycles. The van der Waals surface area contributed by atoms with Gasteiger partial charge < -0.3 is 15.4 Å². The van der Waals surface area contributed by atoms with Crippen molar-refractivity contribution in [1.29, 1.82) is 0 Å². The number of H-pyrrole nitrogens is 1. The first-order valence-corrected chi connectivity index (χ1v) is 6.21. The van der Waals surface area contributed by atoms with E-state index in [4.69, 9.17) is 5.11 Å². The quantitative estimate of drug-likeness (QED) is 0.657. The molecule has 8 heteroatoms. The highest BCUT2D eigenvalue weighted by atomic mass is 16.4. The van der Waals surface area contributed by atoms with Crippen LogP contribution in [0.25, 0.3) is 11.0 Å². The van der Waals surface area contributed by atoms with Crippen LogP contribution in [0.4, 0.5) is 0 Å². The summed E-state index contributed by atoms with van der Waals surface area (Å²) in [6.07, 6.45) is 0. The summed E-state index contributed by atoms with van der Waals surface area (Å²) < 4.78 is 1.02. The zero-order valence-corrected chi connectivity index (χ0v) is 11.2. The maximum atomic E-state index is 11.9. The molecule has 0 radical (unpaired) electrons. The van der Waals surface area contributed by atoms with Crippen molar-refractivity contribution in [2.45, 2.75) is 13.5 Å². The number of fused-ring (bicyclic) bond motifs is 1. The minimum atomic E-state index is -1.15. The summed E-state index contributed by atoms with van der Waals surface area (Å²) in [4.78, 5) is 48.3. The molecule has 0 bridgehead atoms. The molecule has 0 unspecified atom stereocenters. The van der Waals surface area contributed by atoms with Crippen molar-refractivity contribution in [1.82, 2.24) is 14.9 Å². The lowest BCUT2D eigenvalue weighted by Gasteiger charge is -2.09. The number of likely N-dealkylation sites (N-methyl/N-ethyl adjacent to an activating group) is 1. The van der Waals surface area contributed by atoms with Crippen LogP contribution in [-0.2, 0) is 11.3 Å².